The number of rotatable bonds is 5. The van der Waals surface area contributed by atoms with Crippen LogP contribution in [-0.4, -0.2) is 17.5 Å². The van der Waals surface area contributed by atoms with E-state index in [-0.39, 0.29) is 12.3 Å². The molecule has 21 heavy (non-hydrogen) atoms. The fraction of sp³-hybridized carbons (Fsp3) is 0.333. The molecule has 0 aliphatic heterocycles. The Morgan fingerprint density at radius 2 is 2.24 bits per heavy atom. The Morgan fingerprint density at radius 3 is 3.05 bits per heavy atom. The Morgan fingerprint density at radius 1 is 1.38 bits per heavy atom. The van der Waals surface area contributed by atoms with Crippen LogP contribution in [-0.2, 0) is 17.6 Å². The third-order valence-electron chi connectivity index (χ3n) is 3.35. The molecule has 0 atom stereocenters. The maximum absolute atomic E-state index is 11.9. The number of para-hydroxylation sites is 2. The van der Waals surface area contributed by atoms with Gasteiger partial charge in [0, 0.05) is 4.88 Å². The van der Waals surface area contributed by atoms with Gasteiger partial charge in [-0.15, -0.1) is 11.3 Å². The van der Waals surface area contributed by atoms with E-state index in [0.717, 1.165) is 18.5 Å². The van der Waals surface area contributed by atoms with Crippen molar-refractivity contribution < 1.29 is 9.53 Å². The minimum atomic E-state index is -0.0862. The van der Waals surface area contributed by atoms with Crippen LogP contribution in [0.4, 0.5) is 10.8 Å². The van der Waals surface area contributed by atoms with Crippen molar-refractivity contribution >= 4 is 28.1 Å². The van der Waals surface area contributed by atoms with Crippen LogP contribution in [0.15, 0.2) is 24.3 Å². The molecule has 5 nitrogen and oxygen atoms in total. The number of carbonyl (C=O) groups excluding carboxylic acids is 1. The lowest BCUT2D eigenvalue weighted by Gasteiger charge is -2.08. The van der Waals surface area contributed by atoms with Gasteiger partial charge in [0.1, 0.15) is 5.75 Å². The molecule has 2 aromatic rings. The van der Waals surface area contributed by atoms with E-state index in [4.69, 9.17) is 10.5 Å². The number of nitrogens with zero attached hydrogens (tertiary/aromatic N) is 1. The lowest BCUT2D eigenvalue weighted by molar-refractivity contribution is -0.116. The Labute approximate surface area is 127 Å². The van der Waals surface area contributed by atoms with Gasteiger partial charge in [0.25, 0.3) is 0 Å². The molecule has 1 aliphatic rings. The fourth-order valence-corrected chi connectivity index (χ4v) is 3.36. The zero-order chi connectivity index (χ0) is 14.7. The third-order valence-corrected chi connectivity index (χ3v) is 4.42. The maximum Gasteiger partial charge on any atom is 0.229 e. The first kappa shape index (κ1) is 13.9. The fourth-order valence-electron chi connectivity index (χ4n) is 2.29. The number of aromatic nitrogens is 1. The number of carbonyl (C=O) groups is 1. The first-order valence-corrected chi connectivity index (χ1v) is 7.80. The van der Waals surface area contributed by atoms with Crippen LogP contribution in [0.1, 0.15) is 23.4 Å². The van der Waals surface area contributed by atoms with E-state index < -0.39 is 0 Å². The van der Waals surface area contributed by atoms with E-state index in [1.807, 2.05) is 12.1 Å². The summed E-state index contributed by atoms with van der Waals surface area (Å²) in [5.74, 6) is 0.524. The summed E-state index contributed by atoms with van der Waals surface area (Å²) in [5, 5.41) is 3.53. The van der Waals surface area contributed by atoms with Gasteiger partial charge in [-0.25, -0.2) is 4.98 Å². The minimum Gasteiger partial charge on any atom is -0.491 e. The molecule has 6 heteroatoms. The SMILES string of the molecule is Nc1ccccc1OCCC(=O)Nc1nc2c(s1)CCC2. The average molecular weight is 303 g/mol. The molecule has 0 bridgehead atoms. The summed E-state index contributed by atoms with van der Waals surface area (Å²) < 4.78 is 5.50. The van der Waals surface area contributed by atoms with Gasteiger partial charge < -0.3 is 15.8 Å². The molecule has 0 unspecified atom stereocenters. The number of hydrogen-bond donors (Lipinski definition) is 2. The topological polar surface area (TPSA) is 77.2 Å². The van der Waals surface area contributed by atoms with Crippen molar-refractivity contribution in [2.24, 2.45) is 0 Å². The molecule has 1 heterocycles. The molecule has 0 spiro atoms. The van der Waals surface area contributed by atoms with Crippen molar-refractivity contribution in [3.05, 3.63) is 34.8 Å². The van der Waals surface area contributed by atoms with Gasteiger partial charge in [-0.2, -0.15) is 0 Å². The number of aryl methyl sites for hydroxylation is 2. The lowest BCUT2D eigenvalue weighted by atomic mass is 10.3. The highest BCUT2D eigenvalue weighted by Gasteiger charge is 2.17. The minimum absolute atomic E-state index is 0.0862. The number of nitrogens with two attached hydrogens (primary N) is 1. The van der Waals surface area contributed by atoms with Crippen LogP contribution >= 0.6 is 11.3 Å². The molecular formula is C15H17N3O2S. The monoisotopic (exact) mass is 303 g/mol. The average Bonchev–Trinajstić information content (AvgIpc) is 3.02. The van der Waals surface area contributed by atoms with Crippen molar-refractivity contribution in [1.29, 1.82) is 0 Å². The number of anilines is 2. The van der Waals surface area contributed by atoms with Crippen molar-refractivity contribution in [3.63, 3.8) is 0 Å². The van der Waals surface area contributed by atoms with Crippen LogP contribution in [0.3, 0.4) is 0 Å². The summed E-state index contributed by atoms with van der Waals surface area (Å²) in [6.07, 6.45) is 3.56. The van der Waals surface area contributed by atoms with E-state index in [2.05, 4.69) is 10.3 Å². The molecule has 3 rings (SSSR count). The molecule has 1 amide bonds. The predicted molar refractivity (Wildman–Crippen MR) is 83.7 cm³/mol. The number of fused-ring (bicyclic) bond motifs is 1. The van der Waals surface area contributed by atoms with Crippen molar-refractivity contribution in [2.75, 3.05) is 17.7 Å². The van der Waals surface area contributed by atoms with Gasteiger partial charge in [-0.3, -0.25) is 4.79 Å². The highest BCUT2D eigenvalue weighted by atomic mass is 32.1. The predicted octanol–water partition coefficient (Wildman–Crippen LogP) is 2.62. The van der Waals surface area contributed by atoms with E-state index in [1.165, 1.54) is 11.3 Å². The molecule has 0 fully saturated rings. The Kier molecular flexibility index (Phi) is 4.06. The smallest absolute Gasteiger partial charge is 0.229 e. The first-order chi connectivity index (χ1) is 10.2. The quantitative estimate of drug-likeness (QED) is 0.832. The number of ether oxygens (including phenoxy) is 1. The maximum atomic E-state index is 11.9. The van der Waals surface area contributed by atoms with Gasteiger partial charge in [0.15, 0.2) is 5.13 Å². The van der Waals surface area contributed by atoms with Crippen LogP contribution < -0.4 is 15.8 Å². The number of nitrogens with one attached hydrogen (secondary N) is 1. The second-order valence-corrected chi connectivity index (χ2v) is 6.01. The van der Waals surface area contributed by atoms with E-state index >= 15 is 0 Å². The van der Waals surface area contributed by atoms with E-state index in [9.17, 15) is 4.79 Å². The number of thiazole rings is 1. The third kappa shape index (κ3) is 3.33. The highest BCUT2D eigenvalue weighted by molar-refractivity contribution is 7.15. The molecular weight excluding hydrogens is 286 g/mol. The number of amides is 1. The van der Waals surface area contributed by atoms with Crippen molar-refractivity contribution in [2.45, 2.75) is 25.7 Å². The molecule has 0 saturated carbocycles. The van der Waals surface area contributed by atoms with Crippen LogP contribution in [0, 0.1) is 0 Å². The second-order valence-electron chi connectivity index (χ2n) is 4.93. The molecule has 3 N–H and O–H groups in total. The van der Waals surface area contributed by atoms with Gasteiger partial charge >= 0.3 is 0 Å². The Balaban J connectivity index is 1.47. The molecule has 110 valence electrons. The lowest BCUT2D eigenvalue weighted by Crippen LogP contribution is -2.15. The largest absolute Gasteiger partial charge is 0.491 e. The van der Waals surface area contributed by atoms with Gasteiger partial charge in [0.05, 0.1) is 24.4 Å². The summed E-state index contributed by atoms with van der Waals surface area (Å²) in [6, 6.07) is 7.25. The second kappa shape index (κ2) is 6.13. The molecule has 0 saturated heterocycles. The summed E-state index contributed by atoms with van der Waals surface area (Å²) in [6.45, 7) is 0.297. The van der Waals surface area contributed by atoms with Gasteiger partial charge in [0.2, 0.25) is 5.91 Å². The van der Waals surface area contributed by atoms with Crippen molar-refractivity contribution in [3.8, 4) is 5.75 Å². The van der Waals surface area contributed by atoms with Crippen LogP contribution in [0.5, 0.6) is 5.75 Å². The molecule has 1 aromatic heterocycles. The van der Waals surface area contributed by atoms with Crippen LogP contribution in [0.2, 0.25) is 0 Å². The number of hydrogen-bond acceptors (Lipinski definition) is 5. The Bertz CT molecular complexity index is 633. The standard InChI is InChI=1S/C15H17N3O2S/c16-10-4-1-2-6-12(10)20-9-8-14(19)18-15-17-11-5-3-7-13(11)21-15/h1-2,4,6H,3,5,7-9,16H2,(H,17,18,19). The van der Waals surface area contributed by atoms with Gasteiger partial charge in [-0.1, -0.05) is 12.1 Å². The Hall–Kier alpha value is -2.08. The summed E-state index contributed by atoms with van der Waals surface area (Å²) in [5.41, 5.74) is 7.49. The zero-order valence-electron chi connectivity index (χ0n) is 11.6. The molecule has 1 aliphatic carbocycles. The zero-order valence-corrected chi connectivity index (χ0v) is 12.4. The highest BCUT2D eigenvalue weighted by Crippen LogP contribution is 2.30. The summed E-state index contributed by atoms with van der Waals surface area (Å²) in [7, 11) is 0. The van der Waals surface area contributed by atoms with Crippen molar-refractivity contribution in [1.82, 2.24) is 4.98 Å². The molecule has 1 aromatic carbocycles. The normalized spacial score (nSPS) is 13.0. The number of nitrogen functional groups attached to an aromatic ring is 1. The van der Waals surface area contributed by atoms with Gasteiger partial charge in [-0.05, 0) is 31.4 Å². The van der Waals surface area contributed by atoms with E-state index in [0.29, 0.717) is 23.2 Å². The van der Waals surface area contributed by atoms with Crippen LogP contribution in [0.25, 0.3) is 0 Å². The summed E-state index contributed by atoms with van der Waals surface area (Å²) >= 11 is 1.58. The molecule has 0 radical (unpaired) electrons. The summed E-state index contributed by atoms with van der Waals surface area (Å²) in [4.78, 5) is 17.6. The number of benzene rings is 1. The van der Waals surface area contributed by atoms with E-state index in [1.54, 1.807) is 23.5 Å². The first-order valence-electron chi connectivity index (χ1n) is 6.98.